The Hall–Kier alpha value is -1.07. The minimum Gasteiger partial charge on any atom is -0.399 e. The van der Waals surface area contributed by atoms with Crippen LogP contribution in [0.1, 0.15) is 18.9 Å². The van der Waals surface area contributed by atoms with E-state index in [0.717, 1.165) is 12.0 Å². The average molecular weight is 242 g/mol. The molecule has 1 aromatic carbocycles. The normalized spacial score (nSPS) is 12.0. The lowest BCUT2D eigenvalue weighted by atomic mass is 10.2. The first-order valence-corrected chi connectivity index (χ1v) is 6.65. The Morgan fingerprint density at radius 2 is 1.94 bits per heavy atom. The molecule has 0 atom stereocenters. The van der Waals surface area contributed by atoms with Crippen LogP contribution in [0.5, 0.6) is 0 Å². The summed E-state index contributed by atoms with van der Waals surface area (Å²) in [5.74, 6) is 0. The van der Waals surface area contributed by atoms with Crippen LogP contribution >= 0.6 is 0 Å². The minimum atomic E-state index is -3.39. The summed E-state index contributed by atoms with van der Waals surface area (Å²) in [5, 5.41) is 0. The van der Waals surface area contributed by atoms with Gasteiger partial charge in [-0.1, -0.05) is 6.92 Å². The maximum Gasteiger partial charge on any atom is 0.242 e. The van der Waals surface area contributed by atoms with E-state index >= 15 is 0 Å². The number of hydrogen-bond donors (Lipinski definition) is 1. The molecule has 1 rings (SSSR count). The van der Waals surface area contributed by atoms with Crippen molar-refractivity contribution in [1.29, 1.82) is 0 Å². The number of nitrogens with zero attached hydrogens (tertiary/aromatic N) is 1. The van der Waals surface area contributed by atoms with E-state index in [1.807, 2.05) is 13.8 Å². The zero-order chi connectivity index (χ0) is 12.3. The number of anilines is 1. The minimum absolute atomic E-state index is 0.265. The predicted molar refractivity (Wildman–Crippen MR) is 65.7 cm³/mol. The maximum absolute atomic E-state index is 12.1. The molecule has 16 heavy (non-hydrogen) atoms. The van der Waals surface area contributed by atoms with Gasteiger partial charge in [0.2, 0.25) is 10.0 Å². The van der Waals surface area contributed by atoms with Gasteiger partial charge in [0.15, 0.2) is 0 Å². The lowest BCUT2D eigenvalue weighted by molar-refractivity contribution is 0.468. The van der Waals surface area contributed by atoms with Gasteiger partial charge in [-0.25, -0.2) is 12.7 Å². The van der Waals surface area contributed by atoms with Crippen molar-refractivity contribution in [3.63, 3.8) is 0 Å². The summed E-state index contributed by atoms with van der Waals surface area (Å²) in [5.41, 5.74) is 6.97. The molecule has 1 aromatic rings. The van der Waals surface area contributed by atoms with Gasteiger partial charge >= 0.3 is 0 Å². The van der Waals surface area contributed by atoms with Gasteiger partial charge in [-0.15, -0.1) is 0 Å². The number of nitrogen functional groups attached to an aromatic ring is 1. The van der Waals surface area contributed by atoms with Crippen LogP contribution in [0.3, 0.4) is 0 Å². The summed E-state index contributed by atoms with van der Waals surface area (Å²) in [6, 6.07) is 4.88. The van der Waals surface area contributed by atoms with Crippen LogP contribution in [0, 0.1) is 6.92 Å². The van der Waals surface area contributed by atoms with Crippen LogP contribution in [0.25, 0.3) is 0 Å². The SMILES string of the molecule is CCCN(C)S(=O)(=O)c1cc(C)cc(N)c1. The Morgan fingerprint density at radius 3 is 2.44 bits per heavy atom. The Balaban J connectivity index is 3.16. The highest BCUT2D eigenvalue weighted by molar-refractivity contribution is 7.89. The number of hydrogen-bond acceptors (Lipinski definition) is 3. The molecular formula is C11H18N2O2S. The Morgan fingerprint density at radius 1 is 1.31 bits per heavy atom. The Bertz CT molecular complexity index is 449. The first-order chi connectivity index (χ1) is 7.37. The summed E-state index contributed by atoms with van der Waals surface area (Å²) in [6.07, 6.45) is 0.789. The lowest BCUT2D eigenvalue weighted by Gasteiger charge is -2.16. The summed E-state index contributed by atoms with van der Waals surface area (Å²) < 4.78 is 25.5. The van der Waals surface area contributed by atoms with Crippen molar-refractivity contribution in [3.8, 4) is 0 Å². The molecule has 90 valence electrons. The van der Waals surface area contributed by atoms with E-state index in [2.05, 4.69) is 0 Å². The van der Waals surface area contributed by atoms with Gasteiger partial charge in [0.05, 0.1) is 4.90 Å². The molecule has 0 spiro atoms. The molecule has 0 saturated heterocycles. The number of sulfonamides is 1. The molecule has 0 radical (unpaired) electrons. The number of aryl methyl sites for hydroxylation is 1. The molecule has 0 aliphatic carbocycles. The molecule has 0 fully saturated rings. The fraction of sp³-hybridized carbons (Fsp3) is 0.455. The first-order valence-electron chi connectivity index (χ1n) is 5.21. The average Bonchev–Trinajstić information content (AvgIpc) is 2.16. The fourth-order valence-electron chi connectivity index (χ4n) is 1.54. The maximum atomic E-state index is 12.1. The fourth-order valence-corrected chi connectivity index (χ4v) is 2.94. The van der Waals surface area contributed by atoms with Gasteiger partial charge in [0.1, 0.15) is 0 Å². The molecular weight excluding hydrogens is 224 g/mol. The zero-order valence-electron chi connectivity index (χ0n) is 9.90. The molecule has 0 aromatic heterocycles. The van der Waals surface area contributed by atoms with E-state index in [4.69, 9.17) is 5.73 Å². The molecule has 0 amide bonds. The van der Waals surface area contributed by atoms with Crippen molar-refractivity contribution in [1.82, 2.24) is 4.31 Å². The largest absolute Gasteiger partial charge is 0.399 e. The van der Waals surface area contributed by atoms with E-state index in [1.54, 1.807) is 19.2 Å². The van der Waals surface area contributed by atoms with Crippen molar-refractivity contribution in [2.45, 2.75) is 25.2 Å². The lowest BCUT2D eigenvalue weighted by Crippen LogP contribution is -2.27. The Labute approximate surface area is 97.1 Å². The van der Waals surface area contributed by atoms with Gasteiger partial charge in [-0.05, 0) is 37.1 Å². The monoisotopic (exact) mass is 242 g/mol. The van der Waals surface area contributed by atoms with Crippen LogP contribution in [-0.4, -0.2) is 26.3 Å². The van der Waals surface area contributed by atoms with Crippen molar-refractivity contribution in [2.24, 2.45) is 0 Å². The van der Waals surface area contributed by atoms with E-state index < -0.39 is 10.0 Å². The van der Waals surface area contributed by atoms with E-state index in [9.17, 15) is 8.42 Å². The van der Waals surface area contributed by atoms with E-state index in [-0.39, 0.29) is 4.90 Å². The van der Waals surface area contributed by atoms with Crippen molar-refractivity contribution in [2.75, 3.05) is 19.3 Å². The second-order valence-electron chi connectivity index (χ2n) is 3.91. The van der Waals surface area contributed by atoms with Gasteiger partial charge in [0, 0.05) is 19.3 Å². The highest BCUT2D eigenvalue weighted by Crippen LogP contribution is 2.19. The summed E-state index contributed by atoms with van der Waals surface area (Å²) in [7, 11) is -1.81. The molecule has 4 nitrogen and oxygen atoms in total. The Kier molecular flexibility index (Phi) is 3.93. The second-order valence-corrected chi connectivity index (χ2v) is 5.95. The van der Waals surface area contributed by atoms with E-state index in [0.29, 0.717) is 12.2 Å². The van der Waals surface area contributed by atoms with Crippen LogP contribution in [0.4, 0.5) is 5.69 Å². The quantitative estimate of drug-likeness (QED) is 0.816. The van der Waals surface area contributed by atoms with E-state index in [1.165, 1.54) is 10.4 Å². The molecule has 0 aliphatic rings. The third kappa shape index (κ3) is 2.74. The molecule has 0 bridgehead atoms. The van der Waals surface area contributed by atoms with Crippen LogP contribution < -0.4 is 5.73 Å². The highest BCUT2D eigenvalue weighted by atomic mass is 32.2. The summed E-state index contributed by atoms with van der Waals surface area (Å²) in [6.45, 7) is 4.28. The van der Waals surface area contributed by atoms with Gasteiger partial charge in [0.25, 0.3) is 0 Å². The summed E-state index contributed by atoms with van der Waals surface area (Å²) >= 11 is 0. The molecule has 0 aliphatic heterocycles. The van der Waals surface area contributed by atoms with Crippen molar-refractivity contribution in [3.05, 3.63) is 23.8 Å². The molecule has 0 unspecified atom stereocenters. The van der Waals surface area contributed by atoms with Gasteiger partial charge in [-0.3, -0.25) is 0 Å². The smallest absolute Gasteiger partial charge is 0.242 e. The number of rotatable bonds is 4. The standard InChI is InChI=1S/C11H18N2O2S/c1-4-5-13(3)16(14,15)11-7-9(2)6-10(12)8-11/h6-8H,4-5,12H2,1-3H3. The first kappa shape index (κ1) is 13.0. The second kappa shape index (κ2) is 4.84. The topological polar surface area (TPSA) is 63.4 Å². The molecule has 5 heteroatoms. The van der Waals surface area contributed by atoms with Crippen molar-refractivity contribution >= 4 is 15.7 Å². The number of nitrogens with two attached hydrogens (primary N) is 1. The molecule has 0 heterocycles. The third-order valence-corrected chi connectivity index (χ3v) is 4.15. The van der Waals surface area contributed by atoms with Crippen LogP contribution in [-0.2, 0) is 10.0 Å². The third-order valence-electron chi connectivity index (χ3n) is 2.32. The summed E-state index contributed by atoms with van der Waals surface area (Å²) in [4.78, 5) is 0.265. The molecule has 2 N–H and O–H groups in total. The van der Waals surface area contributed by atoms with Crippen molar-refractivity contribution < 1.29 is 8.42 Å². The molecule has 0 saturated carbocycles. The van der Waals surface area contributed by atoms with Crippen LogP contribution in [0.2, 0.25) is 0 Å². The zero-order valence-corrected chi connectivity index (χ0v) is 10.7. The van der Waals surface area contributed by atoms with Gasteiger partial charge < -0.3 is 5.73 Å². The number of benzene rings is 1. The predicted octanol–water partition coefficient (Wildman–Crippen LogP) is 1.61. The van der Waals surface area contributed by atoms with Crippen LogP contribution in [0.15, 0.2) is 23.1 Å². The highest BCUT2D eigenvalue weighted by Gasteiger charge is 2.20. The van der Waals surface area contributed by atoms with Gasteiger partial charge in [-0.2, -0.15) is 0 Å².